The maximum Gasteiger partial charge on any atom is 0.247 e. The summed E-state index contributed by atoms with van der Waals surface area (Å²) >= 11 is 3.41. The van der Waals surface area contributed by atoms with Gasteiger partial charge in [-0.3, -0.25) is 4.90 Å². The Labute approximate surface area is 121 Å². The zero-order chi connectivity index (χ0) is 13.2. The van der Waals surface area contributed by atoms with Crippen molar-refractivity contribution >= 4 is 15.9 Å². The van der Waals surface area contributed by atoms with Crippen LogP contribution in [0.3, 0.4) is 0 Å². The van der Waals surface area contributed by atoms with Gasteiger partial charge in [-0.1, -0.05) is 15.9 Å². The molecule has 1 atom stereocenters. The highest BCUT2D eigenvalue weighted by Gasteiger charge is 2.22. The predicted molar refractivity (Wildman–Crippen MR) is 76.5 cm³/mol. The van der Waals surface area contributed by atoms with Crippen LogP contribution in [-0.4, -0.2) is 27.7 Å². The monoisotopic (exact) mass is 321 g/mol. The van der Waals surface area contributed by atoms with Crippen molar-refractivity contribution in [2.45, 2.75) is 32.4 Å². The molecule has 2 heterocycles. The van der Waals surface area contributed by atoms with Crippen molar-refractivity contribution in [3.63, 3.8) is 0 Å². The van der Waals surface area contributed by atoms with Gasteiger partial charge in [0.15, 0.2) is 0 Å². The molecular weight excluding hydrogens is 306 g/mol. The lowest BCUT2D eigenvalue weighted by molar-refractivity contribution is 0.234. The molecule has 3 rings (SSSR count). The fourth-order valence-electron chi connectivity index (χ4n) is 2.43. The van der Waals surface area contributed by atoms with E-state index in [-0.39, 0.29) is 0 Å². The molecule has 1 fully saturated rings. The van der Waals surface area contributed by atoms with Crippen LogP contribution in [0, 0.1) is 0 Å². The lowest BCUT2D eigenvalue weighted by Crippen LogP contribution is -2.26. The molecule has 1 aromatic carbocycles. The summed E-state index contributed by atoms with van der Waals surface area (Å²) in [5.74, 6) is 1.29. The third-order valence-corrected chi connectivity index (χ3v) is 4.12. The van der Waals surface area contributed by atoms with Gasteiger partial charge in [0.1, 0.15) is 0 Å². The number of benzene rings is 1. The average Bonchev–Trinajstić information content (AvgIpc) is 3.01. The van der Waals surface area contributed by atoms with E-state index in [2.05, 4.69) is 38.0 Å². The Balaban J connectivity index is 1.74. The van der Waals surface area contributed by atoms with Crippen molar-refractivity contribution in [3.8, 4) is 11.5 Å². The van der Waals surface area contributed by atoms with Gasteiger partial charge < -0.3 is 4.42 Å². The molecule has 100 valence electrons. The predicted octanol–water partition coefficient (Wildman–Crippen LogP) is 3.48. The maximum atomic E-state index is 5.74. The molecule has 1 aromatic heterocycles. The number of aromatic nitrogens is 2. The average molecular weight is 322 g/mol. The molecule has 0 radical (unpaired) electrons. The third kappa shape index (κ3) is 2.87. The van der Waals surface area contributed by atoms with Crippen LogP contribution in [0.1, 0.15) is 25.7 Å². The van der Waals surface area contributed by atoms with E-state index in [1.165, 1.54) is 12.8 Å². The van der Waals surface area contributed by atoms with Crippen LogP contribution < -0.4 is 0 Å². The van der Waals surface area contributed by atoms with E-state index in [1.807, 2.05) is 24.3 Å². The van der Waals surface area contributed by atoms with Gasteiger partial charge in [-0.15, -0.1) is 10.2 Å². The molecule has 0 N–H and O–H groups in total. The molecule has 0 saturated carbocycles. The second-order valence-electron chi connectivity index (χ2n) is 4.97. The summed E-state index contributed by atoms with van der Waals surface area (Å²) in [7, 11) is 0. The molecule has 0 bridgehead atoms. The van der Waals surface area contributed by atoms with Crippen molar-refractivity contribution in [3.05, 3.63) is 34.6 Å². The van der Waals surface area contributed by atoms with Gasteiger partial charge in [0, 0.05) is 16.1 Å². The Morgan fingerprint density at radius 1 is 1.32 bits per heavy atom. The van der Waals surface area contributed by atoms with Crippen molar-refractivity contribution in [1.82, 2.24) is 15.1 Å². The summed E-state index contributed by atoms with van der Waals surface area (Å²) in [6, 6.07) is 8.51. The van der Waals surface area contributed by atoms with Crippen LogP contribution in [0.5, 0.6) is 0 Å². The standard InChI is InChI=1S/C14H16BrN3O/c1-10-3-2-8-18(10)9-13-16-17-14(19-13)11-4-6-12(15)7-5-11/h4-7,10H,2-3,8-9H2,1H3. The Morgan fingerprint density at radius 3 is 2.79 bits per heavy atom. The van der Waals surface area contributed by atoms with Crippen molar-refractivity contribution < 1.29 is 4.42 Å². The molecule has 19 heavy (non-hydrogen) atoms. The molecular formula is C14H16BrN3O. The van der Waals surface area contributed by atoms with Gasteiger partial charge in [-0.25, -0.2) is 0 Å². The third-order valence-electron chi connectivity index (χ3n) is 3.59. The normalized spacial score (nSPS) is 20.0. The molecule has 0 spiro atoms. The van der Waals surface area contributed by atoms with Crippen LogP contribution in [-0.2, 0) is 6.54 Å². The van der Waals surface area contributed by atoms with E-state index in [4.69, 9.17) is 4.42 Å². The first-order valence-electron chi connectivity index (χ1n) is 6.55. The van der Waals surface area contributed by atoms with E-state index in [9.17, 15) is 0 Å². The van der Waals surface area contributed by atoms with Gasteiger partial charge in [0.2, 0.25) is 11.8 Å². The first-order chi connectivity index (χ1) is 9.22. The Hall–Kier alpha value is -1.20. The summed E-state index contributed by atoms with van der Waals surface area (Å²) in [6.07, 6.45) is 2.52. The van der Waals surface area contributed by atoms with Gasteiger partial charge >= 0.3 is 0 Å². The van der Waals surface area contributed by atoms with Crippen molar-refractivity contribution in [2.75, 3.05) is 6.54 Å². The summed E-state index contributed by atoms with van der Waals surface area (Å²) in [6.45, 7) is 4.13. The minimum Gasteiger partial charge on any atom is -0.419 e. The maximum absolute atomic E-state index is 5.74. The lowest BCUT2D eigenvalue weighted by Gasteiger charge is -2.18. The number of hydrogen-bond donors (Lipinski definition) is 0. The van der Waals surface area contributed by atoms with E-state index in [0.29, 0.717) is 17.8 Å². The van der Waals surface area contributed by atoms with Gasteiger partial charge in [-0.05, 0) is 50.6 Å². The zero-order valence-electron chi connectivity index (χ0n) is 10.8. The van der Waals surface area contributed by atoms with Gasteiger partial charge in [-0.2, -0.15) is 0 Å². The first kappa shape index (κ1) is 12.8. The molecule has 1 aliphatic heterocycles. The number of rotatable bonds is 3. The van der Waals surface area contributed by atoms with Crippen LogP contribution in [0.2, 0.25) is 0 Å². The van der Waals surface area contributed by atoms with Gasteiger partial charge in [0.25, 0.3) is 0 Å². The molecule has 1 saturated heterocycles. The summed E-state index contributed by atoms with van der Waals surface area (Å²) in [4.78, 5) is 2.39. The van der Waals surface area contributed by atoms with Crippen LogP contribution in [0.15, 0.2) is 33.2 Å². The fourth-order valence-corrected chi connectivity index (χ4v) is 2.69. The first-order valence-corrected chi connectivity index (χ1v) is 7.34. The molecule has 0 aliphatic carbocycles. The number of hydrogen-bond acceptors (Lipinski definition) is 4. The summed E-state index contributed by atoms with van der Waals surface area (Å²) < 4.78 is 6.78. The summed E-state index contributed by atoms with van der Waals surface area (Å²) in [5, 5.41) is 8.27. The minimum atomic E-state index is 0.592. The molecule has 0 amide bonds. The number of likely N-dealkylation sites (tertiary alicyclic amines) is 1. The molecule has 4 nitrogen and oxygen atoms in total. The second-order valence-corrected chi connectivity index (χ2v) is 5.89. The molecule has 1 unspecified atom stereocenters. The van der Waals surface area contributed by atoms with E-state index in [0.717, 1.165) is 23.1 Å². The van der Waals surface area contributed by atoms with E-state index >= 15 is 0 Å². The largest absolute Gasteiger partial charge is 0.419 e. The smallest absolute Gasteiger partial charge is 0.247 e. The van der Waals surface area contributed by atoms with Gasteiger partial charge in [0.05, 0.1) is 6.54 Å². The molecule has 2 aromatic rings. The highest BCUT2D eigenvalue weighted by molar-refractivity contribution is 9.10. The van der Waals surface area contributed by atoms with Crippen molar-refractivity contribution in [1.29, 1.82) is 0 Å². The second kappa shape index (κ2) is 5.43. The highest BCUT2D eigenvalue weighted by Crippen LogP contribution is 2.23. The van der Waals surface area contributed by atoms with Crippen LogP contribution in [0.25, 0.3) is 11.5 Å². The summed E-state index contributed by atoms with van der Waals surface area (Å²) in [5.41, 5.74) is 0.955. The fraction of sp³-hybridized carbons (Fsp3) is 0.429. The lowest BCUT2D eigenvalue weighted by atomic mass is 10.2. The molecule has 1 aliphatic rings. The topological polar surface area (TPSA) is 42.2 Å². The zero-order valence-corrected chi connectivity index (χ0v) is 12.4. The Bertz CT molecular complexity index is 552. The van der Waals surface area contributed by atoms with Crippen LogP contribution >= 0.6 is 15.9 Å². The Morgan fingerprint density at radius 2 is 2.11 bits per heavy atom. The van der Waals surface area contributed by atoms with E-state index in [1.54, 1.807) is 0 Å². The number of nitrogens with zero attached hydrogens (tertiary/aromatic N) is 3. The van der Waals surface area contributed by atoms with Crippen LogP contribution in [0.4, 0.5) is 0 Å². The van der Waals surface area contributed by atoms with Crippen molar-refractivity contribution in [2.24, 2.45) is 0 Å². The number of halogens is 1. The minimum absolute atomic E-state index is 0.592. The van der Waals surface area contributed by atoms with E-state index < -0.39 is 0 Å². The Kier molecular flexibility index (Phi) is 3.66. The highest BCUT2D eigenvalue weighted by atomic mass is 79.9. The molecule has 5 heteroatoms. The SMILES string of the molecule is CC1CCCN1Cc1nnc(-c2ccc(Br)cc2)o1. The quantitative estimate of drug-likeness (QED) is 0.867.